The first-order valence-corrected chi connectivity index (χ1v) is 4.07. The molecule has 0 radical (unpaired) electrons. The van der Waals surface area contributed by atoms with Gasteiger partial charge >= 0.3 is 0 Å². The van der Waals surface area contributed by atoms with Crippen LogP contribution in [-0.4, -0.2) is 4.98 Å². The number of aryl methyl sites for hydroxylation is 1. The first kappa shape index (κ1) is 12.7. The van der Waals surface area contributed by atoms with Gasteiger partial charge in [0, 0.05) is 17.9 Å². The predicted octanol–water partition coefficient (Wildman–Crippen LogP) is 2.26. The average Bonchev–Trinajstić information content (AvgIpc) is 2.06. The van der Waals surface area contributed by atoms with Gasteiger partial charge in [0.05, 0.1) is 0 Å². The van der Waals surface area contributed by atoms with Gasteiger partial charge in [-0.05, 0) is 30.9 Å². The number of pyridine rings is 1. The standard InChI is InChI=1S/C9H12N2.2ClH/c10-8-4-1-5-9-7(8)3-2-6-11-9;;/h2-3,6,8H,1,4-5,10H2;2*1H. The van der Waals surface area contributed by atoms with Crippen LogP contribution in [0.3, 0.4) is 0 Å². The van der Waals surface area contributed by atoms with Crippen LogP contribution >= 0.6 is 24.8 Å². The number of halogens is 2. The summed E-state index contributed by atoms with van der Waals surface area (Å²) in [4.78, 5) is 4.29. The van der Waals surface area contributed by atoms with E-state index >= 15 is 0 Å². The second-order valence-electron chi connectivity index (χ2n) is 3.04. The highest BCUT2D eigenvalue weighted by molar-refractivity contribution is 5.85. The van der Waals surface area contributed by atoms with Crippen molar-refractivity contribution in [2.75, 3.05) is 0 Å². The molecule has 0 spiro atoms. The Hall–Kier alpha value is -0.310. The molecule has 4 heteroatoms. The van der Waals surface area contributed by atoms with Crippen LogP contribution in [0.4, 0.5) is 0 Å². The van der Waals surface area contributed by atoms with E-state index in [-0.39, 0.29) is 30.9 Å². The molecule has 0 saturated carbocycles. The van der Waals surface area contributed by atoms with E-state index in [1.807, 2.05) is 12.3 Å². The first-order chi connectivity index (χ1) is 5.38. The van der Waals surface area contributed by atoms with E-state index in [9.17, 15) is 0 Å². The molecule has 13 heavy (non-hydrogen) atoms. The normalized spacial score (nSPS) is 19.3. The van der Waals surface area contributed by atoms with Crippen molar-refractivity contribution in [2.24, 2.45) is 5.73 Å². The average molecular weight is 221 g/mol. The van der Waals surface area contributed by atoms with Crippen LogP contribution < -0.4 is 5.73 Å². The second kappa shape index (κ2) is 5.43. The zero-order valence-electron chi connectivity index (χ0n) is 7.27. The Bertz CT molecular complexity index is 266. The molecule has 1 heterocycles. The lowest BCUT2D eigenvalue weighted by atomic mass is 9.92. The highest BCUT2D eigenvalue weighted by atomic mass is 35.5. The Labute approximate surface area is 90.8 Å². The Morgan fingerprint density at radius 2 is 2.15 bits per heavy atom. The van der Waals surface area contributed by atoms with Crippen molar-refractivity contribution < 1.29 is 0 Å². The zero-order chi connectivity index (χ0) is 7.68. The molecule has 1 aromatic heterocycles. The molecule has 1 aliphatic rings. The van der Waals surface area contributed by atoms with E-state index in [0.29, 0.717) is 0 Å². The fourth-order valence-electron chi connectivity index (χ4n) is 1.64. The van der Waals surface area contributed by atoms with E-state index in [0.717, 1.165) is 12.8 Å². The molecule has 1 unspecified atom stereocenters. The number of nitrogens with zero attached hydrogens (tertiary/aromatic N) is 1. The molecule has 0 fully saturated rings. The minimum absolute atomic E-state index is 0. The van der Waals surface area contributed by atoms with Crippen LogP contribution in [0.25, 0.3) is 0 Å². The second-order valence-corrected chi connectivity index (χ2v) is 3.04. The summed E-state index contributed by atoms with van der Waals surface area (Å²) in [6, 6.07) is 4.28. The molecule has 0 aromatic carbocycles. The summed E-state index contributed by atoms with van der Waals surface area (Å²) in [5.41, 5.74) is 8.36. The molecule has 1 aromatic rings. The number of aromatic nitrogens is 1. The lowest BCUT2D eigenvalue weighted by Crippen LogP contribution is -2.17. The van der Waals surface area contributed by atoms with Crippen LogP contribution in [0, 0.1) is 0 Å². The maximum absolute atomic E-state index is 5.91. The summed E-state index contributed by atoms with van der Waals surface area (Å²) in [5.74, 6) is 0. The number of nitrogens with two attached hydrogens (primary N) is 1. The van der Waals surface area contributed by atoms with Gasteiger partial charge in [0.15, 0.2) is 0 Å². The largest absolute Gasteiger partial charge is 0.324 e. The van der Waals surface area contributed by atoms with Crippen molar-refractivity contribution >= 4 is 24.8 Å². The van der Waals surface area contributed by atoms with E-state index in [4.69, 9.17) is 5.73 Å². The third-order valence-electron chi connectivity index (χ3n) is 2.25. The van der Waals surface area contributed by atoms with Crippen molar-refractivity contribution in [1.82, 2.24) is 4.98 Å². The summed E-state index contributed by atoms with van der Waals surface area (Å²) >= 11 is 0. The fraction of sp³-hybridized carbons (Fsp3) is 0.444. The van der Waals surface area contributed by atoms with Crippen LogP contribution in [-0.2, 0) is 6.42 Å². The van der Waals surface area contributed by atoms with Crippen LogP contribution in [0.1, 0.15) is 30.1 Å². The van der Waals surface area contributed by atoms with Crippen molar-refractivity contribution in [3.8, 4) is 0 Å². The van der Waals surface area contributed by atoms with Crippen LogP contribution in [0.5, 0.6) is 0 Å². The maximum atomic E-state index is 5.91. The van der Waals surface area contributed by atoms with E-state index in [2.05, 4.69) is 11.1 Å². The van der Waals surface area contributed by atoms with E-state index in [1.165, 1.54) is 17.7 Å². The van der Waals surface area contributed by atoms with Crippen LogP contribution in [0.15, 0.2) is 18.3 Å². The quantitative estimate of drug-likeness (QED) is 0.729. The van der Waals surface area contributed by atoms with Crippen molar-refractivity contribution in [1.29, 1.82) is 0 Å². The van der Waals surface area contributed by atoms with Gasteiger partial charge in [-0.15, -0.1) is 24.8 Å². The molecule has 2 nitrogen and oxygen atoms in total. The first-order valence-electron chi connectivity index (χ1n) is 4.07. The smallest absolute Gasteiger partial charge is 0.0451 e. The van der Waals surface area contributed by atoms with Gasteiger partial charge in [-0.1, -0.05) is 6.07 Å². The molecule has 0 saturated heterocycles. The Balaban J connectivity index is 0.000000720. The fourth-order valence-corrected chi connectivity index (χ4v) is 1.64. The minimum atomic E-state index is 0. The number of hydrogen-bond donors (Lipinski definition) is 1. The van der Waals surface area contributed by atoms with Gasteiger partial charge in [0.2, 0.25) is 0 Å². The lowest BCUT2D eigenvalue weighted by molar-refractivity contribution is 0.560. The molecule has 0 bridgehead atoms. The van der Waals surface area contributed by atoms with Gasteiger partial charge in [-0.3, -0.25) is 4.98 Å². The topological polar surface area (TPSA) is 38.9 Å². The molecular weight excluding hydrogens is 207 g/mol. The molecule has 1 atom stereocenters. The molecule has 74 valence electrons. The van der Waals surface area contributed by atoms with Crippen LogP contribution in [0.2, 0.25) is 0 Å². The SMILES string of the molecule is Cl.Cl.NC1CCCc2ncccc21. The molecule has 0 amide bonds. The predicted molar refractivity (Wildman–Crippen MR) is 58.6 cm³/mol. The van der Waals surface area contributed by atoms with Crippen molar-refractivity contribution in [3.05, 3.63) is 29.6 Å². The molecule has 0 aliphatic heterocycles. The van der Waals surface area contributed by atoms with Gasteiger partial charge in [-0.2, -0.15) is 0 Å². The van der Waals surface area contributed by atoms with Gasteiger partial charge in [0.1, 0.15) is 0 Å². The van der Waals surface area contributed by atoms with Gasteiger partial charge in [0.25, 0.3) is 0 Å². The lowest BCUT2D eigenvalue weighted by Gasteiger charge is -2.20. The molecule has 2 N–H and O–H groups in total. The maximum Gasteiger partial charge on any atom is 0.0451 e. The van der Waals surface area contributed by atoms with E-state index in [1.54, 1.807) is 0 Å². The third-order valence-corrected chi connectivity index (χ3v) is 2.25. The third kappa shape index (κ3) is 2.56. The molecule has 2 rings (SSSR count). The highest BCUT2D eigenvalue weighted by Crippen LogP contribution is 2.25. The number of rotatable bonds is 0. The Morgan fingerprint density at radius 3 is 2.85 bits per heavy atom. The van der Waals surface area contributed by atoms with Crippen molar-refractivity contribution in [3.63, 3.8) is 0 Å². The minimum Gasteiger partial charge on any atom is -0.324 e. The number of hydrogen-bond acceptors (Lipinski definition) is 2. The van der Waals surface area contributed by atoms with Gasteiger partial charge < -0.3 is 5.73 Å². The molecule has 1 aliphatic carbocycles. The van der Waals surface area contributed by atoms with Crippen molar-refractivity contribution in [2.45, 2.75) is 25.3 Å². The van der Waals surface area contributed by atoms with E-state index < -0.39 is 0 Å². The highest BCUT2D eigenvalue weighted by Gasteiger charge is 2.16. The number of fused-ring (bicyclic) bond motifs is 1. The van der Waals surface area contributed by atoms with Gasteiger partial charge in [-0.25, -0.2) is 0 Å². The summed E-state index contributed by atoms with van der Waals surface area (Å²) in [7, 11) is 0. The monoisotopic (exact) mass is 220 g/mol. The molecular formula is C9H14Cl2N2. The summed E-state index contributed by atoms with van der Waals surface area (Å²) in [6.07, 6.45) is 5.24. The summed E-state index contributed by atoms with van der Waals surface area (Å²) in [6.45, 7) is 0. The summed E-state index contributed by atoms with van der Waals surface area (Å²) in [5, 5.41) is 0. The Morgan fingerprint density at radius 1 is 1.38 bits per heavy atom. The summed E-state index contributed by atoms with van der Waals surface area (Å²) < 4.78 is 0. The Kier molecular flexibility index (Phi) is 5.30. The zero-order valence-corrected chi connectivity index (χ0v) is 8.90.